The summed E-state index contributed by atoms with van der Waals surface area (Å²) in [5.74, 6) is -1.23. The first-order chi connectivity index (χ1) is 11.0. The van der Waals surface area contributed by atoms with E-state index in [9.17, 15) is 14.7 Å². The Morgan fingerprint density at radius 3 is 2.26 bits per heavy atom. The Kier molecular flexibility index (Phi) is 6.07. The predicted octanol–water partition coefficient (Wildman–Crippen LogP) is 3.83. The number of hydrogen-bond acceptors (Lipinski definition) is 3. The molecule has 0 radical (unpaired) electrons. The van der Waals surface area contributed by atoms with Crippen molar-refractivity contribution in [3.05, 3.63) is 70.2 Å². The summed E-state index contributed by atoms with van der Waals surface area (Å²) < 4.78 is 0.875. The van der Waals surface area contributed by atoms with Crippen LogP contribution in [0.4, 0.5) is 0 Å². The van der Waals surface area contributed by atoms with Gasteiger partial charge in [-0.05, 0) is 24.6 Å². The second kappa shape index (κ2) is 8.04. The third-order valence-corrected chi connectivity index (χ3v) is 4.13. The third-order valence-electron chi connectivity index (χ3n) is 3.60. The molecule has 2 rings (SSSR count). The SMILES string of the molecule is C[C@@H](N[C@@H](CC(=O)c1ccc(Br)cc1)C(=O)O)c1ccccc1. The van der Waals surface area contributed by atoms with E-state index >= 15 is 0 Å². The second-order valence-electron chi connectivity index (χ2n) is 5.32. The van der Waals surface area contributed by atoms with E-state index in [-0.39, 0.29) is 18.2 Å². The van der Waals surface area contributed by atoms with Crippen molar-refractivity contribution in [1.29, 1.82) is 0 Å². The molecule has 2 aromatic carbocycles. The number of hydrogen-bond donors (Lipinski definition) is 2. The summed E-state index contributed by atoms with van der Waals surface area (Å²) >= 11 is 3.31. The van der Waals surface area contributed by atoms with Crippen molar-refractivity contribution in [2.24, 2.45) is 0 Å². The van der Waals surface area contributed by atoms with E-state index in [4.69, 9.17) is 0 Å². The van der Waals surface area contributed by atoms with Gasteiger partial charge in [0.15, 0.2) is 5.78 Å². The Morgan fingerprint density at radius 1 is 1.09 bits per heavy atom. The summed E-state index contributed by atoms with van der Waals surface area (Å²) in [6, 6.07) is 15.4. The Bertz CT molecular complexity index is 670. The fourth-order valence-corrected chi connectivity index (χ4v) is 2.56. The van der Waals surface area contributed by atoms with Gasteiger partial charge in [-0.2, -0.15) is 0 Å². The molecule has 0 saturated carbocycles. The molecule has 4 nitrogen and oxygen atoms in total. The summed E-state index contributed by atoms with van der Waals surface area (Å²) in [7, 11) is 0. The van der Waals surface area contributed by atoms with Gasteiger partial charge < -0.3 is 5.11 Å². The summed E-state index contributed by atoms with van der Waals surface area (Å²) in [5, 5.41) is 12.4. The third kappa shape index (κ3) is 5.01. The van der Waals surface area contributed by atoms with Crippen molar-refractivity contribution < 1.29 is 14.7 Å². The molecule has 23 heavy (non-hydrogen) atoms. The number of ketones is 1. The number of carbonyl (C=O) groups is 2. The highest BCUT2D eigenvalue weighted by Crippen LogP contribution is 2.16. The molecule has 0 saturated heterocycles. The Hall–Kier alpha value is -1.98. The lowest BCUT2D eigenvalue weighted by molar-refractivity contribution is -0.139. The van der Waals surface area contributed by atoms with Gasteiger partial charge in [-0.15, -0.1) is 0 Å². The summed E-state index contributed by atoms with van der Waals surface area (Å²) in [4.78, 5) is 23.7. The van der Waals surface area contributed by atoms with Gasteiger partial charge in [-0.3, -0.25) is 14.9 Å². The zero-order chi connectivity index (χ0) is 16.8. The lowest BCUT2D eigenvalue weighted by atomic mass is 10.0. The van der Waals surface area contributed by atoms with Gasteiger partial charge in [0.2, 0.25) is 0 Å². The van der Waals surface area contributed by atoms with Crippen LogP contribution in [0.1, 0.15) is 35.3 Å². The molecule has 2 atom stereocenters. The molecule has 0 spiro atoms. The predicted molar refractivity (Wildman–Crippen MR) is 92.5 cm³/mol. The minimum Gasteiger partial charge on any atom is -0.480 e. The standard InChI is InChI=1S/C18H18BrNO3/c1-12(13-5-3-2-4-6-13)20-16(18(22)23)11-17(21)14-7-9-15(19)10-8-14/h2-10,12,16,20H,11H2,1H3,(H,22,23)/t12-,16+/m1/s1. The van der Waals surface area contributed by atoms with E-state index in [1.165, 1.54) is 0 Å². The maximum Gasteiger partial charge on any atom is 0.321 e. The van der Waals surface area contributed by atoms with Crippen LogP contribution in [0, 0.1) is 0 Å². The molecule has 0 unspecified atom stereocenters. The highest BCUT2D eigenvalue weighted by Gasteiger charge is 2.24. The smallest absolute Gasteiger partial charge is 0.321 e. The molecule has 5 heteroatoms. The van der Waals surface area contributed by atoms with Crippen LogP contribution < -0.4 is 5.32 Å². The van der Waals surface area contributed by atoms with Crippen molar-refractivity contribution in [2.45, 2.75) is 25.4 Å². The number of nitrogens with one attached hydrogen (secondary N) is 1. The largest absolute Gasteiger partial charge is 0.480 e. The molecule has 2 aromatic rings. The van der Waals surface area contributed by atoms with Gasteiger partial charge in [0.25, 0.3) is 0 Å². The number of Topliss-reactive ketones (excluding diaryl/α,β-unsaturated/α-hetero) is 1. The first-order valence-electron chi connectivity index (χ1n) is 7.30. The number of rotatable bonds is 7. The van der Waals surface area contributed by atoms with Crippen LogP contribution >= 0.6 is 15.9 Å². The van der Waals surface area contributed by atoms with Gasteiger partial charge >= 0.3 is 5.97 Å². The average molecular weight is 376 g/mol. The Morgan fingerprint density at radius 2 is 1.70 bits per heavy atom. The molecular weight excluding hydrogens is 358 g/mol. The number of carboxylic acids is 1. The Balaban J connectivity index is 2.05. The molecule has 0 bridgehead atoms. The number of aliphatic carboxylic acids is 1. The van der Waals surface area contributed by atoms with E-state index in [2.05, 4.69) is 21.2 Å². The fraction of sp³-hybridized carbons (Fsp3) is 0.222. The summed E-state index contributed by atoms with van der Waals surface area (Å²) in [6.45, 7) is 1.88. The Labute approximate surface area is 143 Å². The van der Waals surface area contributed by atoms with Gasteiger partial charge in [0.1, 0.15) is 6.04 Å². The molecule has 2 N–H and O–H groups in total. The van der Waals surface area contributed by atoms with E-state index in [1.54, 1.807) is 24.3 Å². The zero-order valence-corrected chi connectivity index (χ0v) is 14.3. The number of halogens is 1. The van der Waals surface area contributed by atoms with Crippen LogP contribution in [-0.4, -0.2) is 22.9 Å². The van der Waals surface area contributed by atoms with E-state index in [0.717, 1.165) is 10.0 Å². The molecule has 0 heterocycles. The van der Waals surface area contributed by atoms with Crippen molar-refractivity contribution in [3.8, 4) is 0 Å². The van der Waals surface area contributed by atoms with Gasteiger partial charge in [0, 0.05) is 22.5 Å². The number of carbonyl (C=O) groups excluding carboxylic acids is 1. The summed E-state index contributed by atoms with van der Waals surface area (Å²) in [5.41, 5.74) is 1.49. The molecule has 0 amide bonds. The second-order valence-corrected chi connectivity index (χ2v) is 6.24. The van der Waals surface area contributed by atoms with E-state index in [0.29, 0.717) is 5.56 Å². The van der Waals surface area contributed by atoms with Crippen LogP contribution in [0.25, 0.3) is 0 Å². The highest BCUT2D eigenvalue weighted by molar-refractivity contribution is 9.10. The van der Waals surface area contributed by atoms with Crippen LogP contribution in [0.5, 0.6) is 0 Å². The van der Waals surface area contributed by atoms with Gasteiger partial charge in [-0.1, -0.05) is 58.4 Å². The van der Waals surface area contributed by atoms with Crippen LogP contribution in [-0.2, 0) is 4.79 Å². The van der Waals surface area contributed by atoms with Crippen molar-refractivity contribution in [2.75, 3.05) is 0 Å². The molecule has 0 aliphatic heterocycles. The molecular formula is C18H18BrNO3. The molecule has 0 aromatic heterocycles. The lowest BCUT2D eigenvalue weighted by Gasteiger charge is -2.20. The maximum absolute atomic E-state index is 12.3. The quantitative estimate of drug-likeness (QED) is 0.721. The normalized spacial score (nSPS) is 13.3. The minimum atomic E-state index is -1.03. The highest BCUT2D eigenvalue weighted by atomic mass is 79.9. The van der Waals surface area contributed by atoms with E-state index in [1.807, 2.05) is 37.3 Å². The van der Waals surface area contributed by atoms with Gasteiger partial charge in [0.05, 0.1) is 0 Å². The molecule has 0 aliphatic rings. The minimum absolute atomic E-state index is 0.0891. The first-order valence-corrected chi connectivity index (χ1v) is 8.09. The van der Waals surface area contributed by atoms with Crippen molar-refractivity contribution >= 4 is 27.7 Å². The van der Waals surface area contributed by atoms with Crippen LogP contribution in [0.3, 0.4) is 0 Å². The van der Waals surface area contributed by atoms with E-state index < -0.39 is 12.0 Å². The van der Waals surface area contributed by atoms with Crippen LogP contribution in [0.2, 0.25) is 0 Å². The maximum atomic E-state index is 12.3. The molecule has 120 valence electrons. The average Bonchev–Trinajstić information content (AvgIpc) is 2.55. The summed E-state index contributed by atoms with van der Waals surface area (Å²) in [6.07, 6.45) is -0.0891. The fourth-order valence-electron chi connectivity index (χ4n) is 2.30. The number of benzene rings is 2. The topological polar surface area (TPSA) is 66.4 Å². The zero-order valence-electron chi connectivity index (χ0n) is 12.7. The van der Waals surface area contributed by atoms with Crippen LogP contribution in [0.15, 0.2) is 59.1 Å². The van der Waals surface area contributed by atoms with Crippen molar-refractivity contribution in [3.63, 3.8) is 0 Å². The monoisotopic (exact) mass is 375 g/mol. The number of carboxylic acid groups (broad SMARTS) is 1. The van der Waals surface area contributed by atoms with Gasteiger partial charge in [-0.25, -0.2) is 0 Å². The van der Waals surface area contributed by atoms with Crippen molar-refractivity contribution in [1.82, 2.24) is 5.32 Å². The molecule has 0 fully saturated rings. The first kappa shape index (κ1) is 17.4. The molecule has 0 aliphatic carbocycles. The lowest BCUT2D eigenvalue weighted by Crippen LogP contribution is -2.40.